The van der Waals surface area contributed by atoms with Crippen molar-refractivity contribution in [2.45, 2.75) is 26.3 Å². The van der Waals surface area contributed by atoms with Gasteiger partial charge in [0.15, 0.2) is 0 Å². The summed E-state index contributed by atoms with van der Waals surface area (Å²) in [6.07, 6.45) is 2.18. The molecule has 1 aliphatic rings. The Balaban J connectivity index is 2.40. The monoisotopic (exact) mass is 389 g/mol. The highest BCUT2D eigenvalue weighted by Gasteiger charge is 2.37. The van der Waals surface area contributed by atoms with E-state index in [1.54, 1.807) is 12.1 Å². The summed E-state index contributed by atoms with van der Waals surface area (Å²) in [6.45, 7) is 3.74. The number of thioether (sulfide) groups is 1. The van der Waals surface area contributed by atoms with Gasteiger partial charge in [-0.15, -0.1) is 0 Å². The van der Waals surface area contributed by atoms with Gasteiger partial charge in [-0.1, -0.05) is 34.5 Å². The second kappa shape index (κ2) is 6.42. The van der Waals surface area contributed by atoms with Crippen molar-refractivity contribution in [3.05, 3.63) is 32.1 Å². The lowest BCUT2D eigenvalue weighted by atomic mass is 10.1. The van der Waals surface area contributed by atoms with E-state index in [-0.39, 0.29) is 32.9 Å². The smallest absolute Gasteiger partial charge is 0.293 e. The molecule has 1 aromatic carbocycles. The fraction of sp³-hybridized carbons (Fsp3) is 0.286. The average molecular weight is 391 g/mol. The Morgan fingerprint density at radius 1 is 1.48 bits per heavy atom. The Morgan fingerprint density at radius 2 is 2.14 bits per heavy atom. The number of halogens is 2. The van der Waals surface area contributed by atoms with E-state index in [1.165, 1.54) is 11.0 Å². The molecule has 0 bridgehead atoms. The van der Waals surface area contributed by atoms with Gasteiger partial charge in [-0.2, -0.15) is 0 Å². The highest BCUT2D eigenvalue weighted by Crippen LogP contribution is 2.38. The van der Waals surface area contributed by atoms with Crippen LogP contribution in [0.1, 0.15) is 25.8 Å². The summed E-state index contributed by atoms with van der Waals surface area (Å²) in [5, 5.41) is 9.83. The Bertz CT molecular complexity index is 647. The van der Waals surface area contributed by atoms with Crippen LogP contribution in [-0.4, -0.2) is 27.2 Å². The van der Waals surface area contributed by atoms with Crippen molar-refractivity contribution >= 4 is 56.5 Å². The van der Waals surface area contributed by atoms with Gasteiger partial charge in [0.25, 0.3) is 11.1 Å². The maximum Gasteiger partial charge on any atom is 0.293 e. The topological polar surface area (TPSA) is 57.6 Å². The highest BCUT2D eigenvalue weighted by atomic mass is 79.9. The molecule has 0 unspecified atom stereocenters. The minimum Gasteiger partial charge on any atom is -0.506 e. The van der Waals surface area contributed by atoms with Crippen LogP contribution in [0.25, 0.3) is 6.08 Å². The summed E-state index contributed by atoms with van der Waals surface area (Å²) in [5.41, 5.74) is 0.393. The molecule has 0 saturated carbocycles. The van der Waals surface area contributed by atoms with E-state index in [4.69, 9.17) is 11.6 Å². The summed E-state index contributed by atoms with van der Waals surface area (Å²) in [5.74, 6) is -0.454. The minimum absolute atomic E-state index is 0.116. The van der Waals surface area contributed by atoms with Gasteiger partial charge < -0.3 is 5.11 Å². The van der Waals surface area contributed by atoms with Crippen LogP contribution < -0.4 is 0 Å². The van der Waals surface area contributed by atoms with Gasteiger partial charge >= 0.3 is 0 Å². The number of amides is 2. The van der Waals surface area contributed by atoms with Crippen molar-refractivity contribution < 1.29 is 14.7 Å². The van der Waals surface area contributed by atoms with Gasteiger partial charge in [-0.05, 0) is 43.3 Å². The van der Waals surface area contributed by atoms with E-state index in [2.05, 4.69) is 15.9 Å². The molecule has 7 heteroatoms. The molecule has 1 fully saturated rings. The summed E-state index contributed by atoms with van der Waals surface area (Å²) in [7, 11) is 0. The molecule has 1 atom stereocenters. The quantitative estimate of drug-likeness (QED) is 0.764. The lowest BCUT2D eigenvalue weighted by Crippen LogP contribution is -2.36. The van der Waals surface area contributed by atoms with Crippen molar-refractivity contribution in [3.63, 3.8) is 0 Å². The number of benzene rings is 1. The van der Waals surface area contributed by atoms with Crippen LogP contribution in [0.3, 0.4) is 0 Å². The van der Waals surface area contributed by atoms with E-state index in [1.807, 2.05) is 13.8 Å². The number of nitrogens with zero attached hydrogens (tertiary/aromatic N) is 1. The second-order valence-corrected chi connectivity index (χ2v) is 6.95. The minimum atomic E-state index is -0.338. The van der Waals surface area contributed by atoms with Gasteiger partial charge in [0.05, 0.1) is 9.93 Å². The number of hydrogen-bond acceptors (Lipinski definition) is 4. The first-order chi connectivity index (χ1) is 9.85. The van der Waals surface area contributed by atoms with Gasteiger partial charge in [-0.3, -0.25) is 14.5 Å². The van der Waals surface area contributed by atoms with Crippen molar-refractivity contribution in [1.82, 2.24) is 4.90 Å². The van der Waals surface area contributed by atoms with Crippen LogP contribution in [-0.2, 0) is 4.79 Å². The number of carbonyl (C=O) groups is 2. The molecule has 1 heterocycles. The van der Waals surface area contributed by atoms with E-state index in [9.17, 15) is 14.7 Å². The molecular weight excluding hydrogens is 378 g/mol. The molecule has 2 amide bonds. The van der Waals surface area contributed by atoms with E-state index < -0.39 is 0 Å². The summed E-state index contributed by atoms with van der Waals surface area (Å²) >= 11 is 10.0. The van der Waals surface area contributed by atoms with Crippen LogP contribution in [0.2, 0.25) is 5.02 Å². The first kappa shape index (κ1) is 16.4. The molecule has 0 aromatic heterocycles. The van der Waals surface area contributed by atoms with Gasteiger partial charge in [-0.25, -0.2) is 0 Å². The third-order valence-corrected chi connectivity index (χ3v) is 4.83. The number of phenolic OH excluding ortho intramolecular Hbond substituents is 1. The van der Waals surface area contributed by atoms with Crippen LogP contribution in [0.5, 0.6) is 5.75 Å². The molecule has 4 nitrogen and oxygen atoms in total. The average Bonchev–Trinajstić information content (AvgIpc) is 2.69. The van der Waals surface area contributed by atoms with Gasteiger partial charge in [0, 0.05) is 16.1 Å². The normalized spacial score (nSPS) is 18.7. The summed E-state index contributed by atoms with van der Waals surface area (Å²) in [4.78, 5) is 25.8. The Kier molecular flexibility index (Phi) is 5.01. The number of phenols is 1. The third-order valence-electron chi connectivity index (χ3n) is 3.20. The zero-order chi connectivity index (χ0) is 15.7. The van der Waals surface area contributed by atoms with Crippen LogP contribution in [0.15, 0.2) is 21.5 Å². The summed E-state index contributed by atoms with van der Waals surface area (Å²) < 4.78 is 0.678. The molecule has 0 aliphatic carbocycles. The lowest BCUT2D eigenvalue weighted by Gasteiger charge is -2.19. The molecular formula is C14H13BrClNO3S. The maximum absolute atomic E-state index is 12.3. The van der Waals surface area contributed by atoms with Crippen molar-refractivity contribution in [2.24, 2.45) is 0 Å². The van der Waals surface area contributed by atoms with Crippen molar-refractivity contribution in [1.29, 1.82) is 0 Å². The molecule has 2 rings (SSSR count). The number of rotatable bonds is 3. The van der Waals surface area contributed by atoms with Crippen molar-refractivity contribution in [3.8, 4) is 5.75 Å². The number of carbonyl (C=O) groups excluding carboxylic acids is 2. The Hall–Kier alpha value is -0.980. The summed E-state index contributed by atoms with van der Waals surface area (Å²) in [6, 6.07) is 3.04. The van der Waals surface area contributed by atoms with E-state index in [0.717, 1.165) is 11.8 Å². The van der Waals surface area contributed by atoms with Gasteiger partial charge in [0.1, 0.15) is 5.75 Å². The molecule has 112 valence electrons. The zero-order valence-electron chi connectivity index (χ0n) is 11.4. The van der Waals surface area contributed by atoms with Crippen LogP contribution in [0, 0.1) is 0 Å². The maximum atomic E-state index is 12.3. The molecule has 1 aliphatic heterocycles. The lowest BCUT2D eigenvalue weighted by molar-refractivity contribution is -0.124. The van der Waals surface area contributed by atoms with E-state index in [0.29, 0.717) is 16.5 Å². The van der Waals surface area contributed by atoms with Crippen LogP contribution >= 0.6 is 39.3 Å². The first-order valence-electron chi connectivity index (χ1n) is 6.30. The largest absolute Gasteiger partial charge is 0.506 e. The SMILES string of the molecule is CC[C@@H](C)N1C(=O)S/C(=C\c2cc(Br)cc(Cl)c2O)C1=O. The van der Waals surface area contributed by atoms with Gasteiger partial charge in [0.2, 0.25) is 0 Å². The fourth-order valence-corrected chi connectivity index (χ4v) is 3.63. The zero-order valence-corrected chi connectivity index (χ0v) is 14.6. The van der Waals surface area contributed by atoms with E-state index >= 15 is 0 Å². The molecule has 1 saturated heterocycles. The standard InChI is InChI=1S/C14H13BrClNO3S/c1-3-7(2)17-13(19)11(21-14(17)20)5-8-4-9(15)6-10(16)12(8)18/h4-7,18H,3H2,1-2H3/b11-5-/t7-/m1/s1. The molecule has 1 N–H and O–H groups in total. The highest BCUT2D eigenvalue weighted by molar-refractivity contribution is 9.10. The second-order valence-electron chi connectivity index (χ2n) is 4.63. The molecule has 21 heavy (non-hydrogen) atoms. The Morgan fingerprint density at radius 3 is 2.76 bits per heavy atom. The van der Waals surface area contributed by atoms with Crippen LogP contribution in [0.4, 0.5) is 4.79 Å². The third kappa shape index (κ3) is 3.27. The number of hydrogen-bond donors (Lipinski definition) is 1. The first-order valence-corrected chi connectivity index (χ1v) is 8.29. The predicted molar refractivity (Wildman–Crippen MR) is 88.4 cm³/mol. The Labute approximate surface area is 140 Å². The molecule has 0 radical (unpaired) electrons. The van der Waals surface area contributed by atoms with Crippen molar-refractivity contribution in [2.75, 3.05) is 0 Å². The molecule has 0 spiro atoms. The fourth-order valence-electron chi connectivity index (χ4n) is 1.88. The predicted octanol–water partition coefficient (Wildman–Crippen LogP) is 4.64. The number of imide groups is 1. The number of aromatic hydroxyl groups is 1. The molecule has 1 aromatic rings.